The summed E-state index contributed by atoms with van der Waals surface area (Å²) in [6.45, 7) is 9.21. The first-order valence-electron chi connectivity index (χ1n) is 10.9. The number of hydrogen-bond donors (Lipinski definition) is 0. The Kier molecular flexibility index (Phi) is 7.21. The van der Waals surface area contributed by atoms with E-state index in [0.29, 0.717) is 17.2 Å². The van der Waals surface area contributed by atoms with Gasteiger partial charge in [0.25, 0.3) is 5.91 Å². The van der Waals surface area contributed by atoms with Crippen molar-refractivity contribution in [3.63, 3.8) is 0 Å². The van der Waals surface area contributed by atoms with Crippen LogP contribution in [0.25, 0.3) is 6.08 Å². The third kappa shape index (κ3) is 5.25. The number of ether oxygens (including phenoxy) is 3. The number of rotatable bonds is 6. The van der Waals surface area contributed by atoms with Crippen molar-refractivity contribution in [2.75, 3.05) is 18.6 Å². The second-order valence-electron chi connectivity index (χ2n) is 8.48. The van der Waals surface area contributed by atoms with E-state index in [4.69, 9.17) is 14.2 Å². The van der Waals surface area contributed by atoms with E-state index in [-0.39, 0.29) is 30.1 Å². The molecule has 0 saturated heterocycles. The molecule has 174 valence electrons. The first-order valence-corrected chi connectivity index (χ1v) is 10.9. The Morgan fingerprint density at radius 2 is 1.67 bits per heavy atom. The van der Waals surface area contributed by atoms with Crippen LogP contribution in [0.15, 0.2) is 42.2 Å². The number of amides is 1. The molecular weight excluding hydrogens is 422 g/mol. The second-order valence-corrected chi connectivity index (χ2v) is 8.48. The predicted octanol–water partition coefficient (Wildman–Crippen LogP) is 4.80. The van der Waals surface area contributed by atoms with Crippen molar-refractivity contribution in [2.45, 2.75) is 46.5 Å². The molecule has 1 aliphatic heterocycles. The number of carbonyl (C=O) groups is 3. The Morgan fingerprint density at radius 3 is 2.21 bits per heavy atom. The number of fused-ring (bicyclic) bond motifs is 1. The average molecular weight is 452 g/mol. The molecule has 7 heteroatoms. The molecule has 33 heavy (non-hydrogen) atoms. The van der Waals surface area contributed by atoms with Gasteiger partial charge in [-0.05, 0) is 58.9 Å². The van der Waals surface area contributed by atoms with Crippen LogP contribution in [-0.4, -0.2) is 31.5 Å². The minimum Gasteiger partial charge on any atom is -0.468 e. The maximum Gasteiger partial charge on any atom is 0.325 e. The van der Waals surface area contributed by atoms with Crippen LogP contribution in [0.3, 0.4) is 0 Å². The highest BCUT2D eigenvalue weighted by atomic mass is 16.5. The first-order chi connectivity index (χ1) is 15.6. The van der Waals surface area contributed by atoms with Gasteiger partial charge in [0.05, 0.1) is 12.8 Å². The molecule has 1 aliphatic rings. The zero-order valence-electron chi connectivity index (χ0n) is 19.8. The number of hydrogen-bond acceptors (Lipinski definition) is 6. The van der Waals surface area contributed by atoms with Crippen molar-refractivity contribution in [1.82, 2.24) is 0 Å². The molecule has 3 rings (SSSR count). The Bertz CT molecular complexity index is 1090. The van der Waals surface area contributed by atoms with E-state index in [1.807, 2.05) is 39.8 Å². The third-order valence-electron chi connectivity index (χ3n) is 5.30. The molecule has 0 N–H and O–H groups in total. The summed E-state index contributed by atoms with van der Waals surface area (Å²) < 4.78 is 16.3. The van der Waals surface area contributed by atoms with E-state index in [2.05, 4.69) is 0 Å². The molecule has 0 atom stereocenters. The van der Waals surface area contributed by atoms with Crippen LogP contribution in [0.1, 0.15) is 63.1 Å². The van der Waals surface area contributed by atoms with E-state index >= 15 is 0 Å². The molecule has 2 aromatic rings. The predicted molar refractivity (Wildman–Crippen MR) is 125 cm³/mol. The zero-order chi connectivity index (χ0) is 24.3. The Balaban J connectivity index is 2.12. The van der Waals surface area contributed by atoms with E-state index in [0.717, 1.165) is 16.7 Å². The quantitative estimate of drug-likeness (QED) is 0.357. The molecule has 0 fully saturated rings. The van der Waals surface area contributed by atoms with Crippen LogP contribution in [0.5, 0.6) is 11.5 Å². The highest BCUT2D eigenvalue weighted by Crippen LogP contribution is 2.38. The van der Waals surface area contributed by atoms with Gasteiger partial charge in [0.2, 0.25) is 0 Å². The highest BCUT2D eigenvalue weighted by molar-refractivity contribution is 6.11. The summed E-state index contributed by atoms with van der Waals surface area (Å²) in [5, 5.41) is 0. The lowest BCUT2D eigenvalue weighted by molar-refractivity contribution is -0.140. The fraction of sp³-hybridized carbons (Fsp3) is 0.346. The van der Waals surface area contributed by atoms with Gasteiger partial charge in [0, 0.05) is 6.92 Å². The van der Waals surface area contributed by atoms with Gasteiger partial charge >= 0.3 is 11.9 Å². The smallest absolute Gasteiger partial charge is 0.325 e. The molecule has 0 radical (unpaired) electrons. The minimum atomic E-state index is -0.533. The van der Waals surface area contributed by atoms with Gasteiger partial charge in [-0.25, -0.2) is 0 Å². The molecule has 0 aliphatic carbocycles. The van der Waals surface area contributed by atoms with E-state index in [1.54, 1.807) is 30.3 Å². The SMILES string of the molecule is COC(=O)CN1C(=O)C(=Cc2cc(C(C)C)c(OC(C)=O)c(C(C)C)c2)Oc2ccccc21. The zero-order valence-corrected chi connectivity index (χ0v) is 19.8. The van der Waals surface area contributed by atoms with Gasteiger partial charge in [-0.3, -0.25) is 19.3 Å². The molecule has 1 amide bonds. The van der Waals surface area contributed by atoms with Crippen LogP contribution >= 0.6 is 0 Å². The summed E-state index contributed by atoms with van der Waals surface area (Å²) in [5.74, 6) is -0.0905. The maximum absolute atomic E-state index is 13.2. The lowest BCUT2D eigenvalue weighted by atomic mass is 9.91. The molecule has 0 spiro atoms. The van der Waals surface area contributed by atoms with Crippen LogP contribution < -0.4 is 14.4 Å². The van der Waals surface area contributed by atoms with E-state index in [9.17, 15) is 14.4 Å². The summed E-state index contributed by atoms with van der Waals surface area (Å²) in [5.41, 5.74) is 2.96. The number of benzene rings is 2. The Hall–Kier alpha value is -3.61. The number of anilines is 1. The van der Waals surface area contributed by atoms with Crippen molar-refractivity contribution in [3.8, 4) is 11.5 Å². The number of para-hydroxylation sites is 2. The van der Waals surface area contributed by atoms with Gasteiger partial charge in [-0.1, -0.05) is 39.8 Å². The van der Waals surface area contributed by atoms with Gasteiger partial charge in [-0.15, -0.1) is 0 Å². The normalized spacial score (nSPS) is 14.4. The van der Waals surface area contributed by atoms with Crippen molar-refractivity contribution in [2.24, 2.45) is 0 Å². The average Bonchev–Trinajstić information content (AvgIpc) is 2.76. The molecule has 1 heterocycles. The summed E-state index contributed by atoms with van der Waals surface area (Å²) in [6, 6.07) is 10.8. The summed E-state index contributed by atoms with van der Waals surface area (Å²) in [7, 11) is 1.28. The largest absolute Gasteiger partial charge is 0.468 e. The second kappa shape index (κ2) is 9.90. The van der Waals surface area contributed by atoms with Crippen LogP contribution in [0.4, 0.5) is 5.69 Å². The monoisotopic (exact) mass is 451 g/mol. The first kappa shape index (κ1) is 24.0. The van der Waals surface area contributed by atoms with Gasteiger partial charge < -0.3 is 14.2 Å². The van der Waals surface area contributed by atoms with Crippen LogP contribution in [0, 0.1) is 0 Å². The Labute approximate surface area is 193 Å². The van der Waals surface area contributed by atoms with Crippen molar-refractivity contribution >= 4 is 29.6 Å². The number of nitrogens with zero attached hydrogens (tertiary/aromatic N) is 1. The van der Waals surface area contributed by atoms with Crippen molar-refractivity contribution < 1.29 is 28.6 Å². The van der Waals surface area contributed by atoms with Crippen molar-refractivity contribution in [1.29, 1.82) is 0 Å². The van der Waals surface area contributed by atoms with Gasteiger partial charge in [0.1, 0.15) is 12.3 Å². The van der Waals surface area contributed by atoms with E-state index < -0.39 is 11.9 Å². The molecule has 7 nitrogen and oxygen atoms in total. The highest BCUT2D eigenvalue weighted by Gasteiger charge is 2.32. The summed E-state index contributed by atoms with van der Waals surface area (Å²) in [6.07, 6.45) is 1.65. The topological polar surface area (TPSA) is 82.1 Å². The fourth-order valence-electron chi connectivity index (χ4n) is 3.67. The van der Waals surface area contributed by atoms with E-state index in [1.165, 1.54) is 18.9 Å². The number of carbonyl (C=O) groups excluding carboxylic acids is 3. The molecule has 0 aromatic heterocycles. The van der Waals surface area contributed by atoms with Gasteiger partial charge in [-0.2, -0.15) is 0 Å². The standard InChI is InChI=1S/C26H29NO6/c1-15(2)19-11-18(12-20(16(3)4)25(19)32-17(5)28)13-23-26(30)27(14-24(29)31-6)21-9-7-8-10-22(21)33-23/h7-13,15-16H,14H2,1-6H3. The van der Waals surface area contributed by atoms with Crippen LogP contribution in [-0.2, 0) is 19.1 Å². The third-order valence-corrected chi connectivity index (χ3v) is 5.30. The molecule has 0 unspecified atom stereocenters. The van der Waals surface area contributed by atoms with Crippen molar-refractivity contribution in [3.05, 3.63) is 58.8 Å². The van der Waals surface area contributed by atoms with Gasteiger partial charge in [0.15, 0.2) is 11.5 Å². The molecule has 2 aromatic carbocycles. The maximum atomic E-state index is 13.2. The lowest BCUT2D eigenvalue weighted by Gasteiger charge is -2.29. The number of esters is 2. The molecule has 0 bridgehead atoms. The Morgan fingerprint density at radius 1 is 1.06 bits per heavy atom. The summed E-state index contributed by atoms with van der Waals surface area (Å²) in [4.78, 5) is 38.3. The molecular formula is C26H29NO6. The van der Waals surface area contributed by atoms with Crippen LogP contribution in [0.2, 0.25) is 0 Å². The number of methoxy groups -OCH3 is 1. The minimum absolute atomic E-state index is 0.0784. The molecule has 0 saturated carbocycles. The lowest BCUT2D eigenvalue weighted by Crippen LogP contribution is -2.41. The fourth-order valence-corrected chi connectivity index (χ4v) is 3.67. The summed E-state index contributed by atoms with van der Waals surface area (Å²) >= 11 is 0.